The fourth-order valence-electron chi connectivity index (χ4n) is 1.56. The van der Waals surface area contributed by atoms with Crippen LogP contribution in [0.2, 0.25) is 0 Å². The largest absolute Gasteiger partial charge is 0.472 e. The third kappa shape index (κ3) is 3.83. The Bertz CT molecular complexity index is 346. The minimum atomic E-state index is -0.0591. The molecule has 17 heavy (non-hydrogen) atoms. The summed E-state index contributed by atoms with van der Waals surface area (Å²) in [4.78, 5) is 8.21. The Morgan fingerprint density at radius 1 is 1.47 bits per heavy atom. The molecule has 0 fully saturated rings. The maximum Gasteiger partial charge on any atom is 0.222 e. The molecule has 0 spiro atoms. The first-order chi connectivity index (χ1) is 8.22. The fourth-order valence-corrected chi connectivity index (χ4v) is 1.56. The number of nitrogen functional groups attached to an aromatic ring is 1. The van der Waals surface area contributed by atoms with E-state index in [1.807, 2.05) is 6.92 Å². The van der Waals surface area contributed by atoms with Gasteiger partial charge in [-0.25, -0.2) is 15.8 Å². The third-order valence-corrected chi connectivity index (χ3v) is 2.26. The van der Waals surface area contributed by atoms with Crippen molar-refractivity contribution in [3.8, 4) is 5.88 Å². The van der Waals surface area contributed by atoms with Crippen molar-refractivity contribution < 1.29 is 9.47 Å². The highest BCUT2D eigenvalue weighted by atomic mass is 16.5. The second-order valence-corrected chi connectivity index (χ2v) is 3.78. The first kappa shape index (κ1) is 13.7. The van der Waals surface area contributed by atoms with E-state index in [0.29, 0.717) is 18.3 Å². The van der Waals surface area contributed by atoms with Crippen LogP contribution in [0.4, 0.5) is 5.82 Å². The standard InChI is InChI=1S/C11H20N4O2/c1-4-5-9-10(15-12)13-7-14-11(9)17-8(2)6-16-3/h7-8H,4-6,12H2,1-3H3,(H,13,14,15). The average molecular weight is 240 g/mol. The van der Waals surface area contributed by atoms with Crippen molar-refractivity contribution in [3.63, 3.8) is 0 Å². The zero-order chi connectivity index (χ0) is 12.7. The van der Waals surface area contributed by atoms with Crippen molar-refractivity contribution >= 4 is 5.82 Å². The van der Waals surface area contributed by atoms with Gasteiger partial charge in [-0.15, -0.1) is 0 Å². The molecule has 1 rings (SSSR count). The quantitative estimate of drug-likeness (QED) is 0.549. The summed E-state index contributed by atoms with van der Waals surface area (Å²) < 4.78 is 10.7. The highest BCUT2D eigenvalue weighted by Gasteiger charge is 2.13. The molecule has 0 aliphatic carbocycles. The van der Waals surface area contributed by atoms with Crippen LogP contribution in [-0.2, 0) is 11.2 Å². The number of nitrogens with zero attached hydrogens (tertiary/aromatic N) is 2. The van der Waals surface area contributed by atoms with E-state index in [-0.39, 0.29) is 6.10 Å². The van der Waals surface area contributed by atoms with Crippen molar-refractivity contribution in [2.45, 2.75) is 32.8 Å². The van der Waals surface area contributed by atoms with Crippen LogP contribution in [0, 0.1) is 0 Å². The molecule has 0 aliphatic heterocycles. The van der Waals surface area contributed by atoms with Crippen molar-refractivity contribution in [1.29, 1.82) is 0 Å². The van der Waals surface area contributed by atoms with Gasteiger partial charge in [0.2, 0.25) is 5.88 Å². The van der Waals surface area contributed by atoms with Gasteiger partial charge in [0.05, 0.1) is 12.2 Å². The predicted molar refractivity (Wildman–Crippen MR) is 65.8 cm³/mol. The van der Waals surface area contributed by atoms with Gasteiger partial charge in [-0.3, -0.25) is 0 Å². The van der Waals surface area contributed by atoms with Crippen LogP contribution in [-0.4, -0.2) is 29.8 Å². The van der Waals surface area contributed by atoms with Gasteiger partial charge in [0.1, 0.15) is 18.2 Å². The molecule has 1 atom stereocenters. The van der Waals surface area contributed by atoms with Crippen LogP contribution < -0.4 is 16.0 Å². The van der Waals surface area contributed by atoms with Crippen molar-refractivity contribution in [2.75, 3.05) is 19.1 Å². The van der Waals surface area contributed by atoms with Gasteiger partial charge < -0.3 is 14.9 Å². The van der Waals surface area contributed by atoms with E-state index < -0.39 is 0 Å². The van der Waals surface area contributed by atoms with Crippen LogP contribution in [0.5, 0.6) is 5.88 Å². The van der Waals surface area contributed by atoms with E-state index >= 15 is 0 Å². The summed E-state index contributed by atoms with van der Waals surface area (Å²) in [6.45, 7) is 4.52. The van der Waals surface area contributed by atoms with Crippen molar-refractivity contribution in [3.05, 3.63) is 11.9 Å². The summed E-state index contributed by atoms with van der Waals surface area (Å²) in [6.07, 6.45) is 3.16. The molecule has 6 nitrogen and oxygen atoms in total. The maximum absolute atomic E-state index is 5.71. The highest BCUT2D eigenvalue weighted by molar-refractivity contribution is 5.47. The van der Waals surface area contributed by atoms with Crippen LogP contribution >= 0.6 is 0 Å². The molecular formula is C11H20N4O2. The summed E-state index contributed by atoms with van der Waals surface area (Å²) in [5.41, 5.74) is 3.47. The normalized spacial score (nSPS) is 12.2. The number of rotatable bonds is 7. The number of hydrogen-bond donors (Lipinski definition) is 2. The number of aromatic nitrogens is 2. The van der Waals surface area contributed by atoms with E-state index in [9.17, 15) is 0 Å². The molecule has 1 aromatic heterocycles. The smallest absolute Gasteiger partial charge is 0.222 e. The SMILES string of the molecule is CCCc1c(NN)ncnc1OC(C)COC. The van der Waals surface area contributed by atoms with Gasteiger partial charge >= 0.3 is 0 Å². The number of methoxy groups -OCH3 is 1. The number of hydrogen-bond acceptors (Lipinski definition) is 6. The molecule has 0 amide bonds. The zero-order valence-electron chi connectivity index (χ0n) is 10.6. The van der Waals surface area contributed by atoms with Crippen LogP contribution in [0.3, 0.4) is 0 Å². The zero-order valence-corrected chi connectivity index (χ0v) is 10.6. The average Bonchev–Trinajstić information content (AvgIpc) is 2.32. The molecule has 1 unspecified atom stereocenters. The second kappa shape index (κ2) is 7.03. The van der Waals surface area contributed by atoms with Gasteiger partial charge in [0.15, 0.2) is 0 Å². The lowest BCUT2D eigenvalue weighted by atomic mass is 10.2. The van der Waals surface area contributed by atoms with Gasteiger partial charge in [-0.2, -0.15) is 0 Å². The molecule has 0 aromatic carbocycles. The molecule has 0 saturated carbocycles. The molecule has 0 radical (unpaired) electrons. The van der Waals surface area contributed by atoms with Crippen molar-refractivity contribution in [1.82, 2.24) is 9.97 Å². The van der Waals surface area contributed by atoms with Gasteiger partial charge in [0, 0.05) is 7.11 Å². The van der Waals surface area contributed by atoms with Gasteiger partial charge in [-0.1, -0.05) is 13.3 Å². The minimum Gasteiger partial charge on any atom is -0.472 e. The molecule has 1 aromatic rings. The van der Waals surface area contributed by atoms with Crippen LogP contribution in [0.25, 0.3) is 0 Å². The summed E-state index contributed by atoms with van der Waals surface area (Å²) in [7, 11) is 1.64. The number of ether oxygens (including phenoxy) is 2. The minimum absolute atomic E-state index is 0.0591. The maximum atomic E-state index is 5.71. The summed E-state index contributed by atoms with van der Waals surface area (Å²) in [5.74, 6) is 6.60. The number of hydrazine groups is 1. The first-order valence-electron chi connectivity index (χ1n) is 5.69. The van der Waals surface area contributed by atoms with Crippen LogP contribution in [0.15, 0.2) is 6.33 Å². The highest BCUT2D eigenvalue weighted by Crippen LogP contribution is 2.23. The van der Waals surface area contributed by atoms with Gasteiger partial charge in [-0.05, 0) is 13.3 Å². The molecule has 0 aliphatic rings. The molecule has 3 N–H and O–H groups in total. The Morgan fingerprint density at radius 2 is 2.24 bits per heavy atom. The third-order valence-electron chi connectivity index (χ3n) is 2.26. The Kier molecular flexibility index (Phi) is 5.65. The molecule has 6 heteroatoms. The molecule has 0 saturated heterocycles. The monoisotopic (exact) mass is 240 g/mol. The molecular weight excluding hydrogens is 220 g/mol. The number of nitrogens with one attached hydrogen (secondary N) is 1. The summed E-state index contributed by atoms with van der Waals surface area (Å²) >= 11 is 0. The fraction of sp³-hybridized carbons (Fsp3) is 0.636. The summed E-state index contributed by atoms with van der Waals surface area (Å²) in [5, 5.41) is 0. The Balaban J connectivity index is 2.89. The predicted octanol–water partition coefficient (Wildman–Crippen LogP) is 1.13. The molecule has 1 heterocycles. The molecule has 96 valence electrons. The Morgan fingerprint density at radius 3 is 2.82 bits per heavy atom. The topological polar surface area (TPSA) is 82.3 Å². The van der Waals surface area contributed by atoms with E-state index in [1.165, 1.54) is 6.33 Å². The van der Waals surface area contributed by atoms with E-state index in [1.54, 1.807) is 7.11 Å². The van der Waals surface area contributed by atoms with E-state index in [0.717, 1.165) is 18.4 Å². The van der Waals surface area contributed by atoms with Crippen LogP contribution in [0.1, 0.15) is 25.8 Å². The lowest BCUT2D eigenvalue weighted by Gasteiger charge is -2.16. The molecule has 0 bridgehead atoms. The van der Waals surface area contributed by atoms with E-state index in [2.05, 4.69) is 22.3 Å². The number of nitrogens with two attached hydrogens (primary N) is 1. The van der Waals surface area contributed by atoms with Gasteiger partial charge in [0.25, 0.3) is 0 Å². The Labute approximate surface area is 102 Å². The Hall–Kier alpha value is -1.40. The summed E-state index contributed by atoms with van der Waals surface area (Å²) in [6, 6.07) is 0. The number of anilines is 1. The lowest BCUT2D eigenvalue weighted by Crippen LogP contribution is -2.20. The van der Waals surface area contributed by atoms with E-state index in [4.69, 9.17) is 15.3 Å². The van der Waals surface area contributed by atoms with Crippen molar-refractivity contribution in [2.24, 2.45) is 5.84 Å². The lowest BCUT2D eigenvalue weighted by molar-refractivity contribution is 0.0881. The second-order valence-electron chi connectivity index (χ2n) is 3.78. The first-order valence-corrected chi connectivity index (χ1v) is 5.69.